The maximum absolute atomic E-state index is 14.5. The summed E-state index contributed by atoms with van der Waals surface area (Å²) in [5, 5.41) is 3.90. The zero-order valence-electron chi connectivity index (χ0n) is 25.1. The molecule has 0 heterocycles. The van der Waals surface area contributed by atoms with Crippen molar-refractivity contribution in [2.45, 2.75) is 50.7 Å². The lowest BCUT2D eigenvalue weighted by atomic mass is 10.0. The van der Waals surface area contributed by atoms with Gasteiger partial charge in [0.25, 0.3) is 10.0 Å². The topological polar surface area (TPSA) is 86.8 Å². The predicted molar refractivity (Wildman–Crippen MR) is 181 cm³/mol. The third-order valence-electron chi connectivity index (χ3n) is 7.09. The first kappa shape index (κ1) is 34.3. The van der Waals surface area contributed by atoms with Crippen LogP contribution in [0.2, 0.25) is 15.1 Å². The van der Waals surface area contributed by atoms with Gasteiger partial charge in [0, 0.05) is 24.0 Å². The molecule has 0 saturated carbocycles. The van der Waals surface area contributed by atoms with Gasteiger partial charge in [0.15, 0.2) is 0 Å². The number of hydrogen-bond acceptors (Lipinski definition) is 4. The van der Waals surface area contributed by atoms with Crippen LogP contribution in [0.15, 0.2) is 102 Å². The number of halogens is 3. The molecule has 0 aliphatic carbocycles. The summed E-state index contributed by atoms with van der Waals surface area (Å²) >= 11 is 18.9. The molecule has 0 aliphatic heterocycles. The van der Waals surface area contributed by atoms with Crippen molar-refractivity contribution < 1.29 is 18.0 Å². The Morgan fingerprint density at radius 1 is 0.778 bits per heavy atom. The second kappa shape index (κ2) is 15.1. The van der Waals surface area contributed by atoms with Gasteiger partial charge in [0.1, 0.15) is 12.6 Å². The van der Waals surface area contributed by atoms with Crippen LogP contribution >= 0.6 is 34.8 Å². The molecule has 45 heavy (non-hydrogen) atoms. The third kappa shape index (κ3) is 8.79. The van der Waals surface area contributed by atoms with Crippen molar-refractivity contribution in [1.29, 1.82) is 0 Å². The van der Waals surface area contributed by atoms with Crippen LogP contribution in [-0.2, 0) is 32.6 Å². The molecule has 2 amide bonds. The summed E-state index contributed by atoms with van der Waals surface area (Å²) in [6, 6.07) is 25.7. The molecule has 1 N–H and O–H groups in total. The lowest BCUT2D eigenvalue weighted by Crippen LogP contribution is -2.54. The van der Waals surface area contributed by atoms with Crippen LogP contribution in [0.4, 0.5) is 5.69 Å². The molecule has 236 valence electrons. The maximum Gasteiger partial charge on any atom is 0.264 e. The lowest BCUT2D eigenvalue weighted by Gasteiger charge is -2.34. The number of nitrogens with zero attached hydrogens (tertiary/aromatic N) is 2. The number of carbonyl (C=O) groups is 2. The van der Waals surface area contributed by atoms with E-state index in [-0.39, 0.29) is 40.5 Å². The molecule has 0 aromatic heterocycles. The van der Waals surface area contributed by atoms with Crippen molar-refractivity contribution in [3.8, 4) is 0 Å². The molecular weight excluding hydrogens is 653 g/mol. The van der Waals surface area contributed by atoms with Crippen LogP contribution in [-0.4, -0.2) is 43.8 Å². The minimum absolute atomic E-state index is 0.00363. The first-order valence-electron chi connectivity index (χ1n) is 14.3. The number of aryl methyl sites for hydroxylation is 1. The van der Waals surface area contributed by atoms with Gasteiger partial charge in [-0.1, -0.05) is 95.5 Å². The Morgan fingerprint density at radius 3 is 2.02 bits per heavy atom. The van der Waals surface area contributed by atoms with E-state index < -0.39 is 28.5 Å². The monoisotopic (exact) mass is 685 g/mol. The van der Waals surface area contributed by atoms with Crippen molar-refractivity contribution in [3.63, 3.8) is 0 Å². The molecule has 4 aromatic carbocycles. The van der Waals surface area contributed by atoms with Crippen LogP contribution in [0.1, 0.15) is 30.5 Å². The standard InChI is InChI=1S/C34H34Cl3N3O4S/c1-23(2)38-34(42)32(19-25-10-6-4-7-11-25)39(21-26-15-17-29(35)31(37)18-26)33(41)22-40(27-16-14-24(3)30(36)20-27)45(43,44)28-12-8-5-9-13-28/h4-18,20,23,32H,19,21-22H2,1-3H3,(H,38,42)/t32-/m1/s1. The summed E-state index contributed by atoms with van der Waals surface area (Å²) in [7, 11) is -4.23. The van der Waals surface area contributed by atoms with Gasteiger partial charge in [0.2, 0.25) is 11.8 Å². The number of nitrogens with one attached hydrogen (secondary N) is 1. The molecule has 0 unspecified atom stereocenters. The van der Waals surface area contributed by atoms with E-state index >= 15 is 0 Å². The quantitative estimate of drug-likeness (QED) is 0.169. The first-order valence-corrected chi connectivity index (χ1v) is 16.9. The van der Waals surface area contributed by atoms with Gasteiger partial charge in [-0.25, -0.2) is 8.42 Å². The SMILES string of the molecule is Cc1ccc(N(CC(=O)N(Cc2ccc(Cl)c(Cl)c2)[C@H](Cc2ccccc2)C(=O)NC(C)C)S(=O)(=O)c2ccccc2)cc1Cl. The fraction of sp³-hybridized carbons (Fsp3) is 0.235. The number of anilines is 1. The van der Waals surface area contributed by atoms with E-state index in [2.05, 4.69) is 5.32 Å². The molecule has 0 fully saturated rings. The molecular formula is C34H34Cl3N3O4S. The zero-order chi connectivity index (χ0) is 32.7. The summed E-state index contributed by atoms with van der Waals surface area (Å²) in [5.74, 6) is -0.977. The highest BCUT2D eigenvalue weighted by Gasteiger charge is 2.35. The van der Waals surface area contributed by atoms with Gasteiger partial charge in [-0.2, -0.15) is 0 Å². The highest BCUT2D eigenvalue weighted by molar-refractivity contribution is 7.92. The van der Waals surface area contributed by atoms with Crippen LogP contribution in [0.3, 0.4) is 0 Å². The highest BCUT2D eigenvalue weighted by atomic mass is 35.5. The van der Waals surface area contributed by atoms with Crippen molar-refractivity contribution >= 4 is 62.3 Å². The van der Waals surface area contributed by atoms with Gasteiger partial charge in [0.05, 0.1) is 20.6 Å². The van der Waals surface area contributed by atoms with Gasteiger partial charge < -0.3 is 10.2 Å². The Hall–Kier alpha value is -3.56. The minimum Gasteiger partial charge on any atom is -0.352 e. The Balaban J connectivity index is 1.83. The van der Waals surface area contributed by atoms with Crippen molar-refractivity contribution in [3.05, 3.63) is 129 Å². The predicted octanol–water partition coefficient (Wildman–Crippen LogP) is 7.32. The van der Waals surface area contributed by atoms with Crippen LogP contribution < -0.4 is 9.62 Å². The summed E-state index contributed by atoms with van der Waals surface area (Å²) in [5.41, 5.74) is 2.40. The fourth-order valence-electron chi connectivity index (χ4n) is 4.75. The molecule has 0 bridgehead atoms. The number of rotatable bonds is 12. The van der Waals surface area contributed by atoms with E-state index in [4.69, 9.17) is 34.8 Å². The molecule has 0 saturated heterocycles. The number of benzene rings is 4. The van der Waals surface area contributed by atoms with Gasteiger partial charge in [-0.15, -0.1) is 0 Å². The van der Waals surface area contributed by atoms with Crippen LogP contribution in [0.25, 0.3) is 0 Å². The number of sulfonamides is 1. The van der Waals surface area contributed by atoms with Crippen molar-refractivity contribution in [1.82, 2.24) is 10.2 Å². The Labute approximate surface area is 279 Å². The Kier molecular flexibility index (Phi) is 11.6. The minimum atomic E-state index is -4.23. The molecule has 1 atom stereocenters. The van der Waals surface area contributed by atoms with Crippen LogP contribution in [0.5, 0.6) is 0 Å². The molecule has 0 aliphatic rings. The lowest BCUT2D eigenvalue weighted by molar-refractivity contribution is -0.140. The van der Waals surface area contributed by atoms with Gasteiger partial charge in [-0.05, 0) is 73.9 Å². The van der Waals surface area contributed by atoms with E-state index in [0.29, 0.717) is 15.6 Å². The fourth-order valence-corrected chi connectivity index (χ4v) is 6.68. The second-order valence-electron chi connectivity index (χ2n) is 10.9. The number of amides is 2. The normalized spacial score (nSPS) is 12.1. The largest absolute Gasteiger partial charge is 0.352 e. The Morgan fingerprint density at radius 2 is 1.42 bits per heavy atom. The molecule has 0 spiro atoms. The summed E-state index contributed by atoms with van der Waals surface area (Å²) in [4.78, 5) is 29.7. The van der Waals surface area contributed by atoms with Crippen molar-refractivity contribution in [2.24, 2.45) is 0 Å². The van der Waals surface area contributed by atoms with Crippen molar-refractivity contribution in [2.75, 3.05) is 10.8 Å². The van der Waals surface area contributed by atoms with E-state index in [0.717, 1.165) is 15.4 Å². The molecule has 0 radical (unpaired) electrons. The number of carbonyl (C=O) groups excluding carboxylic acids is 2. The van der Waals surface area contributed by atoms with E-state index in [1.807, 2.05) is 44.2 Å². The zero-order valence-corrected chi connectivity index (χ0v) is 28.2. The smallest absolute Gasteiger partial charge is 0.264 e. The molecule has 11 heteroatoms. The van der Waals surface area contributed by atoms with Gasteiger partial charge >= 0.3 is 0 Å². The van der Waals surface area contributed by atoms with E-state index in [9.17, 15) is 18.0 Å². The van der Waals surface area contributed by atoms with E-state index in [1.165, 1.54) is 23.1 Å². The summed E-state index contributed by atoms with van der Waals surface area (Å²) in [6.45, 7) is 4.83. The maximum atomic E-state index is 14.5. The summed E-state index contributed by atoms with van der Waals surface area (Å²) in [6.07, 6.45) is 0.189. The molecule has 4 rings (SSSR count). The molecule has 4 aromatic rings. The summed E-state index contributed by atoms with van der Waals surface area (Å²) < 4.78 is 29.2. The average molecular weight is 687 g/mol. The first-order chi connectivity index (χ1) is 21.4. The van der Waals surface area contributed by atoms with Gasteiger partial charge in [-0.3, -0.25) is 13.9 Å². The van der Waals surface area contributed by atoms with Crippen LogP contribution in [0, 0.1) is 6.92 Å². The van der Waals surface area contributed by atoms with E-state index in [1.54, 1.807) is 55.5 Å². The Bertz CT molecular complexity index is 1750. The second-order valence-corrected chi connectivity index (χ2v) is 14.0. The third-order valence-corrected chi connectivity index (χ3v) is 10.0. The number of hydrogen-bond donors (Lipinski definition) is 1. The highest BCUT2D eigenvalue weighted by Crippen LogP contribution is 2.29. The molecule has 7 nitrogen and oxygen atoms in total. The average Bonchev–Trinajstić information content (AvgIpc) is 3.01.